The predicted molar refractivity (Wildman–Crippen MR) is 80.8 cm³/mol. The van der Waals surface area contributed by atoms with Crippen LogP contribution in [0.3, 0.4) is 0 Å². The first-order valence-corrected chi connectivity index (χ1v) is 7.22. The van der Waals surface area contributed by atoms with E-state index in [1.54, 1.807) is 12.1 Å². The molecule has 0 aliphatic carbocycles. The molecule has 0 radical (unpaired) electrons. The van der Waals surface area contributed by atoms with Gasteiger partial charge in [0.15, 0.2) is 0 Å². The molecule has 1 N–H and O–H groups in total. The third kappa shape index (κ3) is 4.29. The van der Waals surface area contributed by atoms with E-state index < -0.39 is 0 Å². The maximum absolute atomic E-state index is 11.7. The molecule has 5 nitrogen and oxygen atoms in total. The lowest BCUT2D eigenvalue weighted by Crippen LogP contribution is -2.27. The Hall–Kier alpha value is -1.88. The monoisotopic (exact) mass is 307 g/mol. The van der Waals surface area contributed by atoms with Crippen LogP contribution in [0, 0.1) is 5.92 Å². The van der Waals surface area contributed by atoms with Gasteiger partial charge in [0.05, 0.1) is 0 Å². The van der Waals surface area contributed by atoms with Crippen LogP contribution in [0.1, 0.15) is 39.1 Å². The molecule has 2 rings (SSSR count). The topological polar surface area (TPSA) is 68.0 Å². The van der Waals surface area contributed by atoms with Gasteiger partial charge in [0.25, 0.3) is 0 Å². The zero-order valence-electron chi connectivity index (χ0n) is 12.3. The lowest BCUT2D eigenvalue weighted by Gasteiger charge is -2.10. The molecule has 6 heteroatoms. The highest BCUT2D eigenvalue weighted by Crippen LogP contribution is 2.20. The van der Waals surface area contributed by atoms with Crippen LogP contribution in [0.2, 0.25) is 5.02 Å². The minimum absolute atomic E-state index is 0.0243. The minimum atomic E-state index is -0.315. The second kappa shape index (κ2) is 6.72. The van der Waals surface area contributed by atoms with Crippen molar-refractivity contribution in [2.24, 2.45) is 5.92 Å². The van der Waals surface area contributed by atoms with Crippen molar-refractivity contribution in [2.75, 3.05) is 0 Å². The number of carbonyl (C=O) groups excluding carboxylic acids is 1. The lowest BCUT2D eigenvalue weighted by molar-refractivity contribution is -0.122. The third-order valence-corrected chi connectivity index (χ3v) is 3.14. The highest BCUT2D eigenvalue weighted by Gasteiger charge is 2.17. The van der Waals surface area contributed by atoms with Gasteiger partial charge in [-0.3, -0.25) is 4.79 Å². The summed E-state index contributed by atoms with van der Waals surface area (Å²) < 4.78 is 5.21. The Labute approximate surface area is 128 Å². The number of benzene rings is 1. The molecule has 0 spiro atoms. The predicted octanol–water partition coefficient (Wildman–Crippen LogP) is 3.61. The summed E-state index contributed by atoms with van der Waals surface area (Å²) in [5.74, 6) is 1.15. The fourth-order valence-corrected chi connectivity index (χ4v) is 1.99. The molecular weight excluding hydrogens is 290 g/mol. The van der Waals surface area contributed by atoms with Crippen molar-refractivity contribution in [3.8, 4) is 11.4 Å². The van der Waals surface area contributed by atoms with Gasteiger partial charge in [0.2, 0.25) is 17.6 Å². The molecule has 0 unspecified atom stereocenters. The van der Waals surface area contributed by atoms with Crippen LogP contribution in [0.5, 0.6) is 0 Å². The molecule has 0 bridgehead atoms. The number of halogens is 1. The third-order valence-electron chi connectivity index (χ3n) is 2.89. The summed E-state index contributed by atoms with van der Waals surface area (Å²) in [4.78, 5) is 16.0. The highest BCUT2D eigenvalue weighted by molar-refractivity contribution is 6.30. The van der Waals surface area contributed by atoms with Crippen LogP contribution in [-0.2, 0) is 4.79 Å². The van der Waals surface area contributed by atoms with Crippen LogP contribution < -0.4 is 5.32 Å². The van der Waals surface area contributed by atoms with Gasteiger partial charge < -0.3 is 9.84 Å². The summed E-state index contributed by atoms with van der Waals surface area (Å²) in [6, 6.07) is 6.85. The van der Waals surface area contributed by atoms with Crippen molar-refractivity contribution in [1.29, 1.82) is 0 Å². The van der Waals surface area contributed by atoms with Gasteiger partial charge in [-0.1, -0.05) is 30.6 Å². The normalized spacial score (nSPS) is 12.4. The molecule has 21 heavy (non-hydrogen) atoms. The van der Waals surface area contributed by atoms with Gasteiger partial charge in [-0.2, -0.15) is 4.98 Å². The lowest BCUT2D eigenvalue weighted by atomic mass is 10.1. The maximum Gasteiger partial charge on any atom is 0.249 e. The van der Waals surface area contributed by atoms with E-state index in [9.17, 15) is 4.79 Å². The Morgan fingerprint density at radius 1 is 1.29 bits per heavy atom. The van der Waals surface area contributed by atoms with Crippen molar-refractivity contribution < 1.29 is 9.32 Å². The summed E-state index contributed by atoms with van der Waals surface area (Å²) in [5, 5.41) is 7.42. The first kappa shape index (κ1) is 15.5. The van der Waals surface area contributed by atoms with E-state index in [1.807, 2.05) is 32.9 Å². The summed E-state index contributed by atoms with van der Waals surface area (Å²) in [6.07, 6.45) is 0.475. The zero-order chi connectivity index (χ0) is 15.4. The fraction of sp³-hybridized carbons (Fsp3) is 0.400. The molecule has 2 aromatic rings. The smallest absolute Gasteiger partial charge is 0.249 e. The average molecular weight is 308 g/mol. The van der Waals surface area contributed by atoms with Crippen LogP contribution in [-0.4, -0.2) is 16.0 Å². The Morgan fingerprint density at radius 3 is 2.57 bits per heavy atom. The molecule has 0 saturated heterocycles. The molecule has 1 aromatic carbocycles. The molecule has 0 aliphatic rings. The van der Waals surface area contributed by atoms with Crippen LogP contribution in [0.4, 0.5) is 0 Å². The standard InChI is InChI=1S/C15H18ClN3O2/c1-9(2)8-13(20)17-10(3)15-18-14(19-21-15)11-4-6-12(16)7-5-11/h4-7,9-10H,8H2,1-3H3,(H,17,20)/t10-/m1/s1. The maximum atomic E-state index is 11.7. The van der Waals surface area contributed by atoms with Gasteiger partial charge in [-0.25, -0.2) is 0 Å². The first-order valence-electron chi connectivity index (χ1n) is 6.84. The number of rotatable bonds is 5. The Balaban J connectivity index is 2.05. The first-order chi connectivity index (χ1) is 9.95. The molecule has 0 fully saturated rings. The number of nitrogens with zero attached hydrogens (tertiary/aromatic N) is 2. The summed E-state index contributed by atoms with van der Waals surface area (Å²) in [6.45, 7) is 5.81. The van der Waals surface area contributed by atoms with Crippen molar-refractivity contribution in [2.45, 2.75) is 33.2 Å². The van der Waals surface area contributed by atoms with E-state index in [4.69, 9.17) is 16.1 Å². The molecule has 1 heterocycles. The molecular formula is C15H18ClN3O2. The molecule has 1 amide bonds. The van der Waals surface area contributed by atoms with Crippen LogP contribution >= 0.6 is 11.6 Å². The quantitative estimate of drug-likeness (QED) is 0.916. The Kier molecular flexibility index (Phi) is 4.96. The number of amides is 1. The van der Waals surface area contributed by atoms with Crippen molar-refractivity contribution >= 4 is 17.5 Å². The summed E-state index contributed by atoms with van der Waals surface area (Å²) in [7, 11) is 0. The second-order valence-corrected chi connectivity index (χ2v) is 5.79. The van der Waals surface area contributed by atoms with E-state index in [2.05, 4.69) is 15.5 Å². The van der Waals surface area contributed by atoms with Crippen LogP contribution in [0.15, 0.2) is 28.8 Å². The van der Waals surface area contributed by atoms with E-state index >= 15 is 0 Å². The number of hydrogen-bond donors (Lipinski definition) is 1. The zero-order valence-corrected chi connectivity index (χ0v) is 13.0. The van der Waals surface area contributed by atoms with E-state index in [1.165, 1.54) is 0 Å². The van der Waals surface area contributed by atoms with E-state index in [0.29, 0.717) is 29.1 Å². The van der Waals surface area contributed by atoms with Gasteiger partial charge >= 0.3 is 0 Å². The van der Waals surface area contributed by atoms with Crippen molar-refractivity contribution in [3.05, 3.63) is 35.2 Å². The fourth-order valence-electron chi connectivity index (χ4n) is 1.86. The number of aromatic nitrogens is 2. The van der Waals surface area contributed by atoms with Crippen LogP contribution in [0.25, 0.3) is 11.4 Å². The van der Waals surface area contributed by atoms with Gasteiger partial charge in [-0.15, -0.1) is 0 Å². The summed E-state index contributed by atoms with van der Waals surface area (Å²) in [5.41, 5.74) is 0.815. The second-order valence-electron chi connectivity index (χ2n) is 5.35. The SMILES string of the molecule is CC(C)CC(=O)N[C@H](C)c1nc(-c2ccc(Cl)cc2)no1. The van der Waals surface area contributed by atoms with E-state index in [0.717, 1.165) is 5.56 Å². The van der Waals surface area contributed by atoms with Crippen molar-refractivity contribution in [1.82, 2.24) is 15.5 Å². The average Bonchev–Trinajstić information content (AvgIpc) is 2.88. The molecule has 1 atom stereocenters. The van der Waals surface area contributed by atoms with Gasteiger partial charge in [-0.05, 0) is 37.1 Å². The summed E-state index contributed by atoms with van der Waals surface area (Å²) >= 11 is 5.84. The number of carbonyl (C=O) groups is 1. The van der Waals surface area contributed by atoms with Gasteiger partial charge in [0.1, 0.15) is 6.04 Å². The minimum Gasteiger partial charge on any atom is -0.345 e. The Bertz CT molecular complexity index is 608. The molecule has 0 saturated carbocycles. The molecule has 1 aromatic heterocycles. The van der Waals surface area contributed by atoms with E-state index in [-0.39, 0.29) is 11.9 Å². The van der Waals surface area contributed by atoms with Crippen molar-refractivity contribution in [3.63, 3.8) is 0 Å². The highest BCUT2D eigenvalue weighted by atomic mass is 35.5. The largest absolute Gasteiger partial charge is 0.345 e. The number of hydrogen-bond acceptors (Lipinski definition) is 4. The molecule has 0 aliphatic heterocycles. The Morgan fingerprint density at radius 2 is 1.95 bits per heavy atom. The number of nitrogens with one attached hydrogen (secondary N) is 1. The van der Waals surface area contributed by atoms with Gasteiger partial charge in [0, 0.05) is 17.0 Å². The molecule has 112 valence electrons.